The minimum absolute atomic E-state index is 0. The lowest BCUT2D eigenvalue weighted by molar-refractivity contribution is 0.0947. The van der Waals surface area contributed by atoms with Gasteiger partial charge in [-0.05, 0) is 43.9 Å². The van der Waals surface area contributed by atoms with E-state index in [-0.39, 0.29) is 55.5 Å². The number of halogens is 4. The Morgan fingerprint density at radius 1 is 0.824 bits per heavy atom. The molecule has 10 heteroatoms. The van der Waals surface area contributed by atoms with E-state index >= 15 is 0 Å². The van der Waals surface area contributed by atoms with Crippen LogP contribution in [0, 0.1) is 0 Å². The first-order valence-corrected chi connectivity index (χ1v) is 12.2. The van der Waals surface area contributed by atoms with Gasteiger partial charge in [0.25, 0.3) is 5.91 Å². The first kappa shape index (κ1) is 33.4. The zero-order valence-electron chi connectivity index (χ0n) is 20.0. The van der Waals surface area contributed by atoms with Gasteiger partial charge in [-0.3, -0.25) is 9.69 Å². The van der Waals surface area contributed by atoms with Gasteiger partial charge in [-0.1, -0.05) is 32.1 Å². The van der Waals surface area contributed by atoms with Crippen molar-refractivity contribution in [1.82, 2.24) is 15.5 Å². The van der Waals surface area contributed by atoms with E-state index in [0.717, 1.165) is 49.7 Å². The number of hydrogen-bond donors (Lipinski definition) is 4. The molecule has 1 aromatic carbocycles. The van der Waals surface area contributed by atoms with Crippen molar-refractivity contribution in [3.63, 3.8) is 0 Å². The molecule has 1 heterocycles. The van der Waals surface area contributed by atoms with Crippen LogP contribution >= 0.6 is 49.6 Å². The molecule has 0 atom stereocenters. The summed E-state index contributed by atoms with van der Waals surface area (Å²) in [4.78, 5) is 15.2. The van der Waals surface area contributed by atoms with Crippen LogP contribution in [0.15, 0.2) is 18.2 Å². The molecule has 0 spiro atoms. The molecule has 1 aromatic rings. The highest BCUT2D eigenvalue weighted by Gasteiger charge is 2.20. The van der Waals surface area contributed by atoms with Crippen LogP contribution in [0.1, 0.15) is 68.1 Å². The molecule has 2 aliphatic carbocycles. The molecule has 3 fully saturated rings. The van der Waals surface area contributed by atoms with Gasteiger partial charge in [-0.2, -0.15) is 0 Å². The molecule has 4 rings (SSSR count). The minimum Gasteiger partial charge on any atom is -0.381 e. The predicted octanol–water partition coefficient (Wildman–Crippen LogP) is 5.11. The summed E-state index contributed by atoms with van der Waals surface area (Å²) >= 11 is 0. The van der Waals surface area contributed by atoms with Crippen molar-refractivity contribution in [3.8, 4) is 0 Å². The number of carbonyl (C=O) groups excluding carboxylic acids is 1. The van der Waals surface area contributed by atoms with Crippen molar-refractivity contribution < 1.29 is 4.79 Å². The number of nitrogens with one attached hydrogen (secondary N) is 4. The zero-order chi connectivity index (χ0) is 20.6. The van der Waals surface area contributed by atoms with Gasteiger partial charge in [0.1, 0.15) is 0 Å². The number of anilines is 2. The molecule has 3 aliphatic rings. The van der Waals surface area contributed by atoms with Crippen molar-refractivity contribution in [2.45, 2.75) is 69.9 Å². The van der Waals surface area contributed by atoms with Crippen molar-refractivity contribution in [2.24, 2.45) is 0 Å². The van der Waals surface area contributed by atoms with Gasteiger partial charge in [0.05, 0.1) is 11.4 Å². The Labute approximate surface area is 230 Å². The van der Waals surface area contributed by atoms with Crippen molar-refractivity contribution in [1.29, 1.82) is 0 Å². The summed E-state index contributed by atoms with van der Waals surface area (Å²) in [6, 6.07) is 7.23. The molecule has 4 N–H and O–H groups in total. The van der Waals surface area contributed by atoms with Crippen molar-refractivity contribution >= 4 is 66.9 Å². The summed E-state index contributed by atoms with van der Waals surface area (Å²) in [5.74, 6) is 0.0313. The van der Waals surface area contributed by atoms with E-state index in [0.29, 0.717) is 18.6 Å². The number of hydrogen-bond acceptors (Lipinski definition) is 5. The van der Waals surface area contributed by atoms with Crippen LogP contribution in [0.25, 0.3) is 0 Å². The monoisotopic (exact) mass is 557 g/mol. The molecular formula is C24H43Cl4N5O. The van der Waals surface area contributed by atoms with E-state index in [4.69, 9.17) is 0 Å². The minimum atomic E-state index is 0. The average molecular weight is 559 g/mol. The third kappa shape index (κ3) is 10.2. The van der Waals surface area contributed by atoms with Gasteiger partial charge >= 0.3 is 0 Å². The normalized spacial score (nSPS) is 18.9. The maximum atomic E-state index is 12.8. The molecule has 2 saturated carbocycles. The largest absolute Gasteiger partial charge is 0.381 e. The highest BCUT2D eigenvalue weighted by Crippen LogP contribution is 2.31. The van der Waals surface area contributed by atoms with E-state index in [9.17, 15) is 4.79 Å². The second kappa shape index (κ2) is 17.7. The maximum absolute atomic E-state index is 12.8. The lowest BCUT2D eigenvalue weighted by Crippen LogP contribution is -2.46. The standard InChI is InChI=1S/C24H39N5O.4ClH/c30-24(26-14-17-29-15-12-25-13-16-29)19-10-11-22(27-20-6-2-1-3-7-20)23(18-19)28-21-8-4-5-9-21;;;;/h10-11,18,20-21,25,27-28H,1-9,12-17H2,(H,26,30);4*1H. The highest BCUT2D eigenvalue weighted by molar-refractivity contribution is 5.96. The molecule has 0 unspecified atom stereocenters. The van der Waals surface area contributed by atoms with Gasteiger partial charge in [0.15, 0.2) is 0 Å². The first-order chi connectivity index (χ1) is 14.8. The summed E-state index contributed by atoms with van der Waals surface area (Å²) in [5.41, 5.74) is 3.01. The Bertz CT molecular complexity index is 694. The second-order valence-electron chi connectivity index (χ2n) is 9.21. The smallest absolute Gasteiger partial charge is 0.251 e. The summed E-state index contributed by atoms with van der Waals surface area (Å²) < 4.78 is 0. The number of nitrogens with zero attached hydrogens (tertiary/aromatic N) is 1. The summed E-state index contributed by atoms with van der Waals surface area (Å²) in [5, 5.41) is 14.0. The number of benzene rings is 1. The molecular weight excluding hydrogens is 516 g/mol. The Morgan fingerprint density at radius 2 is 1.38 bits per heavy atom. The number of piperazine rings is 1. The molecule has 1 amide bonds. The summed E-state index contributed by atoms with van der Waals surface area (Å²) in [7, 11) is 0. The summed E-state index contributed by atoms with van der Waals surface area (Å²) in [6.45, 7) is 5.83. The van der Waals surface area contributed by atoms with Crippen molar-refractivity contribution in [3.05, 3.63) is 23.8 Å². The topological polar surface area (TPSA) is 68.4 Å². The van der Waals surface area contributed by atoms with Crippen LogP contribution in [-0.2, 0) is 0 Å². The fourth-order valence-electron chi connectivity index (χ4n) is 5.05. The molecule has 0 bridgehead atoms. The van der Waals surface area contributed by atoms with Crippen LogP contribution in [0.3, 0.4) is 0 Å². The van der Waals surface area contributed by atoms with Gasteiger partial charge in [-0.15, -0.1) is 49.6 Å². The lowest BCUT2D eigenvalue weighted by atomic mass is 9.95. The van der Waals surface area contributed by atoms with Crippen LogP contribution < -0.4 is 21.3 Å². The Hall–Kier alpha value is -0.630. The van der Waals surface area contributed by atoms with Crippen LogP contribution in [0.2, 0.25) is 0 Å². The lowest BCUT2D eigenvalue weighted by Gasteiger charge is -2.27. The van der Waals surface area contributed by atoms with E-state index < -0.39 is 0 Å². The second-order valence-corrected chi connectivity index (χ2v) is 9.21. The Morgan fingerprint density at radius 3 is 2.00 bits per heavy atom. The fraction of sp³-hybridized carbons (Fsp3) is 0.708. The molecule has 34 heavy (non-hydrogen) atoms. The molecule has 0 radical (unpaired) electrons. The third-order valence-corrected chi connectivity index (χ3v) is 6.88. The quantitative estimate of drug-likeness (QED) is 0.357. The van der Waals surface area contributed by atoms with Crippen LogP contribution in [-0.4, -0.2) is 62.2 Å². The predicted molar refractivity (Wildman–Crippen MR) is 153 cm³/mol. The molecule has 6 nitrogen and oxygen atoms in total. The van der Waals surface area contributed by atoms with Crippen LogP contribution in [0.4, 0.5) is 11.4 Å². The SMILES string of the molecule is Cl.Cl.Cl.Cl.O=C(NCCN1CCNCC1)c1ccc(NC2CCCCC2)c(NC2CCCC2)c1. The van der Waals surface area contributed by atoms with Crippen molar-refractivity contribution in [2.75, 3.05) is 49.9 Å². The van der Waals surface area contributed by atoms with E-state index in [1.54, 1.807) is 0 Å². The van der Waals surface area contributed by atoms with Gasteiger partial charge in [-0.25, -0.2) is 0 Å². The van der Waals surface area contributed by atoms with Gasteiger partial charge < -0.3 is 21.3 Å². The zero-order valence-corrected chi connectivity index (χ0v) is 23.2. The van der Waals surface area contributed by atoms with E-state index in [1.165, 1.54) is 57.8 Å². The number of amides is 1. The molecule has 1 aliphatic heterocycles. The maximum Gasteiger partial charge on any atom is 0.251 e. The molecule has 1 saturated heterocycles. The van der Waals surface area contributed by atoms with E-state index in [2.05, 4.69) is 38.3 Å². The number of carbonyl (C=O) groups is 1. The molecule has 0 aromatic heterocycles. The first-order valence-electron chi connectivity index (χ1n) is 12.2. The third-order valence-electron chi connectivity index (χ3n) is 6.88. The fourth-order valence-corrected chi connectivity index (χ4v) is 5.05. The highest BCUT2D eigenvalue weighted by atomic mass is 35.5. The Kier molecular flexibility index (Phi) is 17.4. The van der Waals surface area contributed by atoms with Gasteiger partial charge in [0.2, 0.25) is 0 Å². The molecule has 198 valence electrons. The Balaban J connectivity index is 0.00000272. The van der Waals surface area contributed by atoms with Crippen LogP contribution in [0.5, 0.6) is 0 Å². The summed E-state index contributed by atoms with van der Waals surface area (Å²) in [6.07, 6.45) is 11.5. The average Bonchev–Trinajstić information content (AvgIpc) is 3.29. The van der Waals surface area contributed by atoms with Gasteiger partial charge in [0, 0.05) is 56.9 Å². The number of rotatable bonds is 8. The van der Waals surface area contributed by atoms with E-state index in [1.807, 2.05) is 6.07 Å².